The van der Waals surface area contributed by atoms with Crippen LogP contribution in [0.4, 0.5) is 10.8 Å². The van der Waals surface area contributed by atoms with E-state index in [-0.39, 0.29) is 30.2 Å². The van der Waals surface area contributed by atoms with Crippen LogP contribution in [-0.2, 0) is 9.59 Å². The summed E-state index contributed by atoms with van der Waals surface area (Å²) >= 11 is 2.66. The van der Waals surface area contributed by atoms with E-state index in [0.717, 1.165) is 5.69 Å². The van der Waals surface area contributed by atoms with Crippen LogP contribution in [0.3, 0.4) is 0 Å². The molecule has 7 nitrogen and oxygen atoms in total. The first-order valence-corrected chi connectivity index (χ1v) is 9.17. The number of amides is 2. The number of thioether (sulfide) groups is 1. The fourth-order valence-electron chi connectivity index (χ4n) is 1.69. The number of carbonyl (C=O) groups is 2. The predicted octanol–water partition coefficient (Wildman–Crippen LogP) is 2.01. The molecule has 0 saturated heterocycles. The van der Waals surface area contributed by atoms with E-state index in [0.29, 0.717) is 9.47 Å². The third kappa shape index (κ3) is 6.55. The minimum atomic E-state index is -0.216. The lowest BCUT2D eigenvalue weighted by Gasteiger charge is -2.08. The second kappa shape index (κ2) is 9.24. The number of hydrogen-bond donors (Lipinski definition) is 3. The van der Waals surface area contributed by atoms with Gasteiger partial charge in [-0.1, -0.05) is 41.3 Å². The highest BCUT2D eigenvalue weighted by atomic mass is 32.2. The van der Waals surface area contributed by atoms with Gasteiger partial charge in [0.05, 0.1) is 12.3 Å². The zero-order valence-corrected chi connectivity index (χ0v) is 15.0. The van der Waals surface area contributed by atoms with E-state index in [4.69, 9.17) is 0 Å². The Hall–Kier alpha value is -2.13. The summed E-state index contributed by atoms with van der Waals surface area (Å²) in [5, 5.41) is 17.2. The molecule has 1 aromatic heterocycles. The van der Waals surface area contributed by atoms with E-state index >= 15 is 0 Å². The number of hydrogen-bond acceptors (Lipinski definition) is 7. The molecule has 0 spiro atoms. The summed E-state index contributed by atoms with van der Waals surface area (Å²) in [4.78, 5) is 23.2. The maximum absolute atomic E-state index is 11.7. The van der Waals surface area contributed by atoms with E-state index in [1.165, 1.54) is 23.1 Å². The van der Waals surface area contributed by atoms with Gasteiger partial charge in [-0.15, -0.1) is 10.2 Å². The molecule has 1 heterocycles. The van der Waals surface area contributed by atoms with Gasteiger partial charge in [-0.05, 0) is 26.0 Å². The number of nitrogens with zero attached hydrogens (tertiary/aromatic N) is 2. The van der Waals surface area contributed by atoms with E-state index in [9.17, 15) is 9.59 Å². The smallest absolute Gasteiger partial charge is 0.239 e. The average molecular weight is 365 g/mol. The molecule has 1 aromatic carbocycles. The standard InChI is InChI=1S/C15H19N5O2S2/c1-10(2)17-12(21)8-16-13(22)9-23-15-20-19-14(24-15)18-11-6-4-3-5-7-11/h3-7,10H,8-9H2,1-2H3,(H,16,22)(H,17,21)(H,18,19). The van der Waals surface area contributed by atoms with Crippen molar-refractivity contribution in [1.29, 1.82) is 0 Å². The van der Waals surface area contributed by atoms with Crippen molar-refractivity contribution in [3.8, 4) is 0 Å². The summed E-state index contributed by atoms with van der Waals surface area (Å²) in [6, 6.07) is 9.72. The second-order valence-corrected chi connectivity index (χ2v) is 7.35. The molecule has 2 aromatic rings. The van der Waals surface area contributed by atoms with Gasteiger partial charge in [0, 0.05) is 11.7 Å². The molecule has 0 radical (unpaired) electrons. The van der Waals surface area contributed by atoms with Crippen molar-refractivity contribution in [3.63, 3.8) is 0 Å². The van der Waals surface area contributed by atoms with E-state index in [1.54, 1.807) is 0 Å². The summed E-state index contributed by atoms with van der Waals surface area (Å²) in [7, 11) is 0. The second-order valence-electron chi connectivity index (χ2n) is 5.15. The van der Waals surface area contributed by atoms with Gasteiger partial charge in [0.25, 0.3) is 0 Å². The first-order chi connectivity index (χ1) is 11.5. The molecule has 0 fully saturated rings. The molecule has 0 bridgehead atoms. The van der Waals surface area contributed by atoms with Gasteiger partial charge in [-0.25, -0.2) is 0 Å². The highest BCUT2D eigenvalue weighted by molar-refractivity contribution is 8.01. The number of para-hydroxylation sites is 1. The fourth-order valence-corrected chi connectivity index (χ4v) is 3.30. The van der Waals surface area contributed by atoms with E-state index in [2.05, 4.69) is 26.1 Å². The maximum atomic E-state index is 11.7. The summed E-state index contributed by atoms with van der Waals surface area (Å²) in [5.74, 6) is -0.227. The van der Waals surface area contributed by atoms with Crippen LogP contribution in [0.2, 0.25) is 0 Å². The first kappa shape index (κ1) is 18.2. The van der Waals surface area contributed by atoms with Gasteiger partial charge in [-0.3, -0.25) is 9.59 Å². The van der Waals surface area contributed by atoms with Crippen LogP contribution >= 0.6 is 23.1 Å². The van der Waals surface area contributed by atoms with Crippen molar-refractivity contribution in [2.24, 2.45) is 0 Å². The molecular weight excluding hydrogens is 346 g/mol. The molecule has 9 heteroatoms. The summed E-state index contributed by atoms with van der Waals surface area (Å²) < 4.78 is 0.690. The van der Waals surface area contributed by atoms with Crippen molar-refractivity contribution in [1.82, 2.24) is 20.8 Å². The summed E-state index contributed by atoms with van der Waals surface area (Å²) in [5.41, 5.74) is 0.930. The lowest BCUT2D eigenvalue weighted by atomic mass is 10.3. The highest BCUT2D eigenvalue weighted by Gasteiger charge is 2.10. The Kier molecular flexibility index (Phi) is 7.01. The number of carbonyl (C=O) groups excluding carboxylic acids is 2. The van der Waals surface area contributed by atoms with Crippen molar-refractivity contribution in [2.45, 2.75) is 24.2 Å². The maximum Gasteiger partial charge on any atom is 0.239 e. The van der Waals surface area contributed by atoms with Crippen LogP contribution in [0, 0.1) is 0 Å². The van der Waals surface area contributed by atoms with Crippen molar-refractivity contribution in [2.75, 3.05) is 17.6 Å². The Morgan fingerprint density at radius 3 is 2.62 bits per heavy atom. The Bertz CT molecular complexity index is 676. The quantitative estimate of drug-likeness (QED) is 0.620. The molecule has 0 aliphatic heterocycles. The molecule has 3 N–H and O–H groups in total. The van der Waals surface area contributed by atoms with Crippen molar-refractivity contribution >= 4 is 45.7 Å². The van der Waals surface area contributed by atoms with Gasteiger partial charge >= 0.3 is 0 Å². The number of aromatic nitrogens is 2. The third-order valence-electron chi connectivity index (χ3n) is 2.65. The number of nitrogens with one attached hydrogen (secondary N) is 3. The lowest BCUT2D eigenvalue weighted by molar-refractivity contribution is -0.125. The molecule has 2 rings (SSSR count). The van der Waals surface area contributed by atoms with Crippen LogP contribution in [0.25, 0.3) is 0 Å². The van der Waals surface area contributed by atoms with Gasteiger partial charge in [0.2, 0.25) is 16.9 Å². The minimum absolute atomic E-state index is 0.0193. The first-order valence-electron chi connectivity index (χ1n) is 7.37. The Morgan fingerprint density at radius 1 is 1.17 bits per heavy atom. The van der Waals surface area contributed by atoms with Crippen LogP contribution in [0.15, 0.2) is 34.7 Å². The van der Waals surface area contributed by atoms with Crippen LogP contribution in [0.5, 0.6) is 0 Å². The number of anilines is 2. The topological polar surface area (TPSA) is 96.0 Å². The average Bonchev–Trinajstić information content (AvgIpc) is 2.99. The minimum Gasteiger partial charge on any atom is -0.352 e. The zero-order chi connectivity index (χ0) is 17.4. The Labute approximate surface area is 148 Å². The zero-order valence-electron chi connectivity index (χ0n) is 13.4. The molecule has 24 heavy (non-hydrogen) atoms. The molecule has 0 saturated carbocycles. The summed E-state index contributed by atoms with van der Waals surface area (Å²) in [6.45, 7) is 3.71. The van der Waals surface area contributed by atoms with Gasteiger partial charge in [0.15, 0.2) is 4.34 Å². The molecule has 0 aliphatic rings. The lowest BCUT2D eigenvalue weighted by Crippen LogP contribution is -2.40. The molecule has 0 aliphatic carbocycles. The van der Waals surface area contributed by atoms with Crippen LogP contribution < -0.4 is 16.0 Å². The number of benzene rings is 1. The normalized spacial score (nSPS) is 10.5. The van der Waals surface area contributed by atoms with Gasteiger partial charge in [-0.2, -0.15) is 0 Å². The van der Waals surface area contributed by atoms with Crippen molar-refractivity contribution in [3.05, 3.63) is 30.3 Å². The summed E-state index contributed by atoms with van der Waals surface area (Å²) in [6.07, 6.45) is 0. The van der Waals surface area contributed by atoms with Gasteiger partial charge in [0.1, 0.15) is 0 Å². The molecular formula is C15H19N5O2S2. The third-order valence-corrected chi connectivity index (χ3v) is 4.63. The predicted molar refractivity (Wildman–Crippen MR) is 96.6 cm³/mol. The van der Waals surface area contributed by atoms with Crippen molar-refractivity contribution < 1.29 is 9.59 Å². The van der Waals surface area contributed by atoms with Crippen LogP contribution in [0.1, 0.15) is 13.8 Å². The highest BCUT2D eigenvalue weighted by Crippen LogP contribution is 2.27. The Morgan fingerprint density at radius 2 is 1.92 bits per heavy atom. The fraction of sp³-hybridized carbons (Fsp3) is 0.333. The molecule has 2 amide bonds. The van der Waals surface area contributed by atoms with E-state index < -0.39 is 0 Å². The molecule has 0 atom stereocenters. The van der Waals surface area contributed by atoms with E-state index in [1.807, 2.05) is 44.2 Å². The number of rotatable bonds is 8. The molecule has 128 valence electrons. The monoisotopic (exact) mass is 365 g/mol. The SMILES string of the molecule is CC(C)NC(=O)CNC(=O)CSc1nnc(Nc2ccccc2)s1. The molecule has 0 unspecified atom stereocenters. The Balaban J connectivity index is 1.72. The van der Waals surface area contributed by atoms with Gasteiger partial charge < -0.3 is 16.0 Å². The largest absolute Gasteiger partial charge is 0.352 e. The van der Waals surface area contributed by atoms with Crippen LogP contribution in [-0.4, -0.2) is 40.4 Å².